The molecule has 2 aromatic carbocycles. The Bertz CT molecular complexity index is 816. The minimum absolute atomic E-state index is 0.359. The Morgan fingerprint density at radius 1 is 1.04 bits per heavy atom. The van der Waals surface area contributed by atoms with Crippen molar-refractivity contribution in [1.82, 2.24) is 0 Å². The predicted octanol–water partition coefficient (Wildman–Crippen LogP) is 6.34. The molecule has 0 heterocycles. The maximum atomic E-state index is 11.7. The molecule has 0 spiro atoms. The van der Waals surface area contributed by atoms with E-state index in [1.54, 1.807) is 0 Å². The van der Waals surface area contributed by atoms with Gasteiger partial charge in [-0.25, -0.2) is 0 Å². The van der Waals surface area contributed by atoms with Crippen LogP contribution in [0.3, 0.4) is 0 Å². The van der Waals surface area contributed by atoms with Gasteiger partial charge in [-0.2, -0.15) is 0 Å². The molecule has 1 aliphatic rings. The zero-order valence-electron chi connectivity index (χ0n) is 15.3. The van der Waals surface area contributed by atoms with Gasteiger partial charge in [-0.3, -0.25) is 4.79 Å². The Morgan fingerprint density at radius 2 is 1.77 bits per heavy atom. The molecule has 0 saturated carbocycles. The Morgan fingerprint density at radius 3 is 2.42 bits per heavy atom. The third-order valence-corrected chi connectivity index (χ3v) is 6.08. The summed E-state index contributed by atoms with van der Waals surface area (Å²) in [7, 11) is 0. The molecule has 3 rings (SSSR count). The highest BCUT2D eigenvalue weighted by atomic mass is 35.5. The molecule has 138 valence electrons. The van der Waals surface area contributed by atoms with Crippen LogP contribution >= 0.6 is 23.2 Å². The van der Waals surface area contributed by atoms with Crippen molar-refractivity contribution >= 4 is 29.1 Å². The summed E-state index contributed by atoms with van der Waals surface area (Å²) in [5.74, 6) is 1.18. The molecule has 0 aromatic heterocycles. The molecule has 1 amide bonds. The second kappa shape index (κ2) is 8.02. The number of hydrogen-bond acceptors (Lipinski definition) is 1. The first-order valence-electron chi connectivity index (χ1n) is 9.22. The van der Waals surface area contributed by atoms with Crippen LogP contribution in [0.15, 0.2) is 36.4 Å². The van der Waals surface area contributed by atoms with Crippen LogP contribution < -0.4 is 5.73 Å². The summed E-state index contributed by atoms with van der Waals surface area (Å²) in [6.45, 7) is 4.50. The summed E-state index contributed by atoms with van der Waals surface area (Å²) in [6.07, 6.45) is 4.34. The number of amides is 1. The number of halogens is 2. The van der Waals surface area contributed by atoms with Gasteiger partial charge in [0.2, 0.25) is 5.91 Å². The summed E-state index contributed by atoms with van der Waals surface area (Å²) < 4.78 is 0. The highest BCUT2D eigenvalue weighted by molar-refractivity contribution is 6.42. The largest absolute Gasteiger partial charge is 0.366 e. The first-order chi connectivity index (χ1) is 12.3. The first-order valence-corrected chi connectivity index (χ1v) is 9.98. The van der Waals surface area contributed by atoms with Crippen molar-refractivity contribution in [2.45, 2.75) is 51.4 Å². The van der Waals surface area contributed by atoms with Crippen molar-refractivity contribution in [2.24, 2.45) is 11.7 Å². The van der Waals surface area contributed by atoms with Gasteiger partial charge in [0, 0.05) is 5.56 Å². The number of carbonyl (C=O) groups is 1. The van der Waals surface area contributed by atoms with Gasteiger partial charge in [-0.1, -0.05) is 49.2 Å². The molecular weight excluding hydrogens is 365 g/mol. The topological polar surface area (TPSA) is 43.1 Å². The van der Waals surface area contributed by atoms with E-state index >= 15 is 0 Å². The average Bonchev–Trinajstić information content (AvgIpc) is 2.59. The molecule has 1 aliphatic carbocycles. The smallest absolute Gasteiger partial charge is 0.248 e. The molecule has 0 fully saturated rings. The monoisotopic (exact) mass is 389 g/mol. The first kappa shape index (κ1) is 19.3. The Hall–Kier alpha value is -1.51. The van der Waals surface area contributed by atoms with Crippen molar-refractivity contribution in [3.8, 4) is 0 Å². The van der Waals surface area contributed by atoms with E-state index in [1.165, 1.54) is 16.7 Å². The lowest BCUT2D eigenvalue weighted by molar-refractivity contribution is 0.1000. The van der Waals surface area contributed by atoms with Crippen LogP contribution in [-0.2, 0) is 6.42 Å². The number of primary amides is 1. The number of rotatable bonds is 5. The van der Waals surface area contributed by atoms with Crippen LogP contribution in [0.2, 0.25) is 10.0 Å². The predicted molar refractivity (Wildman–Crippen MR) is 109 cm³/mol. The third kappa shape index (κ3) is 4.24. The fourth-order valence-electron chi connectivity index (χ4n) is 4.14. The van der Waals surface area contributed by atoms with E-state index in [0.29, 0.717) is 33.4 Å². The fraction of sp³-hybridized carbons (Fsp3) is 0.409. The van der Waals surface area contributed by atoms with Gasteiger partial charge in [0.1, 0.15) is 0 Å². The van der Waals surface area contributed by atoms with Crippen LogP contribution in [0.1, 0.15) is 72.0 Å². The lowest BCUT2D eigenvalue weighted by Crippen LogP contribution is -2.20. The Labute approximate surface area is 165 Å². The SMILES string of the molecule is CC(C)CC1CCC(Cc2ccc(Cl)c(Cl)c2)c2ccc(C(N)=O)cc21. The molecule has 2 nitrogen and oxygen atoms in total. The number of fused-ring (bicyclic) bond motifs is 1. The van der Waals surface area contributed by atoms with E-state index in [1.807, 2.05) is 30.3 Å². The van der Waals surface area contributed by atoms with Crippen LogP contribution in [0.4, 0.5) is 0 Å². The van der Waals surface area contributed by atoms with E-state index < -0.39 is 0 Å². The molecule has 26 heavy (non-hydrogen) atoms. The van der Waals surface area contributed by atoms with Crippen molar-refractivity contribution in [1.29, 1.82) is 0 Å². The van der Waals surface area contributed by atoms with Gasteiger partial charge >= 0.3 is 0 Å². The van der Waals surface area contributed by atoms with Gasteiger partial charge in [-0.15, -0.1) is 0 Å². The average molecular weight is 390 g/mol. The normalized spacial score (nSPS) is 19.4. The molecule has 2 atom stereocenters. The van der Waals surface area contributed by atoms with E-state index in [2.05, 4.69) is 19.9 Å². The van der Waals surface area contributed by atoms with Gasteiger partial charge in [0.15, 0.2) is 0 Å². The van der Waals surface area contributed by atoms with Crippen LogP contribution in [-0.4, -0.2) is 5.91 Å². The molecule has 0 bridgehead atoms. The van der Waals surface area contributed by atoms with E-state index in [4.69, 9.17) is 28.9 Å². The summed E-state index contributed by atoms with van der Waals surface area (Å²) in [5.41, 5.74) is 9.96. The van der Waals surface area contributed by atoms with Crippen molar-refractivity contribution < 1.29 is 4.79 Å². The van der Waals surface area contributed by atoms with Crippen LogP contribution in [0.25, 0.3) is 0 Å². The highest BCUT2D eigenvalue weighted by Gasteiger charge is 2.28. The highest BCUT2D eigenvalue weighted by Crippen LogP contribution is 2.43. The molecular formula is C22H25Cl2NO. The minimum Gasteiger partial charge on any atom is -0.366 e. The second-order valence-electron chi connectivity index (χ2n) is 7.76. The number of hydrogen-bond donors (Lipinski definition) is 1. The Balaban J connectivity index is 1.93. The number of nitrogens with two attached hydrogens (primary N) is 1. The number of benzene rings is 2. The number of carbonyl (C=O) groups excluding carboxylic acids is 1. The molecule has 2 aromatic rings. The second-order valence-corrected chi connectivity index (χ2v) is 8.58. The maximum Gasteiger partial charge on any atom is 0.248 e. The van der Waals surface area contributed by atoms with Gasteiger partial charge in [-0.05, 0) is 84.4 Å². The molecule has 0 saturated heterocycles. The van der Waals surface area contributed by atoms with Gasteiger partial charge in [0.25, 0.3) is 0 Å². The molecule has 2 N–H and O–H groups in total. The van der Waals surface area contributed by atoms with Gasteiger partial charge in [0.05, 0.1) is 10.0 Å². The van der Waals surface area contributed by atoms with E-state index in [9.17, 15) is 4.79 Å². The molecule has 0 radical (unpaired) electrons. The van der Waals surface area contributed by atoms with Crippen molar-refractivity contribution in [2.75, 3.05) is 0 Å². The lowest BCUT2D eigenvalue weighted by atomic mass is 9.72. The molecule has 0 aliphatic heterocycles. The Kier molecular flexibility index (Phi) is 5.94. The zero-order valence-corrected chi connectivity index (χ0v) is 16.8. The third-order valence-electron chi connectivity index (χ3n) is 5.34. The molecule has 2 unspecified atom stereocenters. The minimum atomic E-state index is -0.359. The zero-order chi connectivity index (χ0) is 18.8. The summed E-state index contributed by atoms with van der Waals surface area (Å²) >= 11 is 12.2. The van der Waals surface area contributed by atoms with Crippen molar-refractivity contribution in [3.05, 3.63) is 68.7 Å². The summed E-state index contributed by atoms with van der Waals surface area (Å²) in [5, 5.41) is 1.18. The van der Waals surface area contributed by atoms with E-state index in [-0.39, 0.29) is 5.91 Å². The lowest BCUT2D eigenvalue weighted by Gasteiger charge is -2.33. The summed E-state index contributed by atoms with van der Waals surface area (Å²) in [6, 6.07) is 11.9. The van der Waals surface area contributed by atoms with Crippen molar-refractivity contribution in [3.63, 3.8) is 0 Å². The van der Waals surface area contributed by atoms with Crippen LogP contribution in [0, 0.1) is 5.92 Å². The maximum absolute atomic E-state index is 11.7. The standard InChI is InChI=1S/C22H25Cl2NO/c1-13(2)9-15-4-5-16(10-14-3-8-20(23)21(24)11-14)18-7-6-17(22(25)26)12-19(15)18/h3,6-8,11-13,15-16H,4-5,9-10H2,1-2H3,(H2,25,26). The summed E-state index contributed by atoms with van der Waals surface area (Å²) in [4.78, 5) is 11.7. The van der Waals surface area contributed by atoms with E-state index in [0.717, 1.165) is 25.7 Å². The quantitative estimate of drug-likeness (QED) is 0.636. The molecule has 4 heteroatoms. The fourth-order valence-corrected chi connectivity index (χ4v) is 4.46. The van der Waals surface area contributed by atoms with Gasteiger partial charge < -0.3 is 5.73 Å². The van der Waals surface area contributed by atoms with Crippen LogP contribution in [0.5, 0.6) is 0 Å².